The van der Waals surface area contributed by atoms with Gasteiger partial charge in [-0.1, -0.05) is 53.2 Å². The van der Waals surface area contributed by atoms with Crippen LogP contribution < -0.4 is 5.73 Å². The first-order valence-corrected chi connectivity index (χ1v) is 7.41. The summed E-state index contributed by atoms with van der Waals surface area (Å²) in [7, 11) is 0. The summed E-state index contributed by atoms with van der Waals surface area (Å²) in [5.74, 6) is 0. The molecule has 3 rings (SSSR count). The number of aromatic nitrogens is 3. The zero-order chi connectivity index (χ0) is 15.5. The largest absolute Gasteiger partial charge is 0.326 e. The van der Waals surface area contributed by atoms with Crippen LogP contribution in [0.3, 0.4) is 0 Å². The van der Waals surface area contributed by atoms with Gasteiger partial charge in [-0.25, -0.2) is 4.68 Å². The lowest BCUT2D eigenvalue weighted by Crippen LogP contribution is -2.05. The molecule has 4 heteroatoms. The van der Waals surface area contributed by atoms with Gasteiger partial charge in [-0.2, -0.15) is 0 Å². The molecule has 0 amide bonds. The van der Waals surface area contributed by atoms with Crippen LogP contribution in [0.1, 0.15) is 22.3 Å². The fourth-order valence-electron chi connectivity index (χ4n) is 2.64. The third-order valence-electron chi connectivity index (χ3n) is 3.87. The van der Waals surface area contributed by atoms with Gasteiger partial charge in [0.15, 0.2) is 0 Å². The predicted molar refractivity (Wildman–Crippen MR) is 88.4 cm³/mol. The van der Waals surface area contributed by atoms with Crippen molar-refractivity contribution in [2.75, 3.05) is 0 Å². The summed E-state index contributed by atoms with van der Waals surface area (Å²) in [4.78, 5) is 0. The molecular formula is C18H20N4. The topological polar surface area (TPSA) is 56.7 Å². The summed E-state index contributed by atoms with van der Waals surface area (Å²) in [6, 6.07) is 14.7. The van der Waals surface area contributed by atoms with Crippen molar-refractivity contribution in [1.29, 1.82) is 0 Å². The molecule has 0 radical (unpaired) electrons. The summed E-state index contributed by atoms with van der Waals surface area (Å²) in [6.45, 7) is 5.49. The Balaban J connectivity index is 1.91. The Morgan fingerprint density at radius 3 is 2.41 bits per heavy atom. The molecule has 1 heterocycles. The van der Waals surface area contributed by atoms with E-state index in [1.807, 2.05) is 10.9 Å². The maximum absolute atomic E-state index is 5.64. The molecule has 0 spiro atoms. The van der Waals surface area contributed by atoms with Crippen molar-refractivity contribution in [3.05, 3.63) is 70.9 Å². The summed E-state index contributed by atoms with van der Waals surface area (Å²) >= 11 is 0. The van der Waals surface area contributed by atoms with Gasteiger partial charge in [-0.05, 0) is 30.5 Å². The van der Waals surface area contributed by atoms with E-state index in [2.05, 4.69) is 66.6 Å². The number of nitrogens with zero attached hydrogens (tertiary/aromatic N) is 3. The van der Waals surface area contributed by atoms with Crippen LogP contribution in [0.2, 0.25) is 0 Å². The molecule has 0 aliphatic carbocycles. The van der Waals surface area contributed by atoms with E-state index >= 15 is 0 Å². The number of nitrogens with two attached hydrogens (primary N) is 1. The highest BCUT2D eigenvalue weighted by atomic mass is 15.4. The van der Waals surface area contributed by atoms with Crippen molar-refractivity contribution in [3.63, 3.8) is 0 Å². The molecule has 0 saturated heterocycles. The molecule has 4 nitrogen and oxygen atoms in total. The molecule has 3 aromatic rings. The van der Waals surface area contributed by atoms with Crippen LogP contribution in [0.4, 0.5) is 0 Å². The Bertz CT molecular complexity index is 772. The van der Waals surface area contributed by atoms with Gasteiger partial charge in [0.2, 0.25) is 0 Å². The molecule has 0 aliphatic heterocycles. The normalized spacial score (nSPS) is 10.9. The highest BCUT2D eigenvalue weighted by Crippen LogP contribution is 2.23. The maximum atomic E-state index is 5.64. The first-order valence-electron chi connectivity index (χ1n) is 7.41. The molecule has 22 heavy (non-hydrogen) atoms. The van der Waals surface area contributed by atoms with Crippen molar-refractivity contribution < 1.29 is 0 Å². The summed E-state index contributed by atoms with van der Waals surface area (Å²) in [5.41, 5.74) is 12.7. The average molecular weight is 292 g/mol. The zero-order valence-electron chi connectivity index (χ0n) is 13.0. The van der Waals surface area contributed by atoms with Gasteiger partial charge < -0.3 is 5.73 Å². The van der Waals surface area contributed by atoms with Crippen molar-refractivity contribution in [1.82, 2.24) is 15.0 Å². The molecule has 0 fully saturated rings. The Hall–Kier alpha value is -2.46. The van der Waals surface area contributed by atoms with Crippen LogP contribution in [0, 0.1) is 13.8 Å². The molecule has 0 saturated carbocycles. The number of hydrogen-bond acceptors (Lipinski definition) is 3. The van der Waals surface area contributed by atoms with E-state index in [0.29, 0.717) is 13.1 Å². The standard InChI is InChI=1S/C18H20N4/c1-13-3-8-17(14(2)9-13)18-11-20-21-22(18)12-16-6-4-15(10-19)5-7-16/h3-9,11H,10,12,19H2,1-2H3. The number of hydrogen-bond donors (Lipinski definition) is 1. The Morgan fingerprint density at radius 2 is 1.73 bits per heavy atom. The Morgan fingerprint density at radius 1 is 1.00 bits per heavy atom. The van der Waals surface area contributed by atoms with Crippen LogP contribution in [0.25, 0.3) is 11.3 Å². The second-order valence-corrected chi connectivity index (χ2v) is 5.62. The zero-order valence-corrected chi connectivity index (χ0v) is 13.0. The summed E-state index contributed by atoms with van der Waals surface area (Å²) in [6.07, 6.45) is 1.83. The van der Waals surface area contributed by atoms with Gasteiger partial charge in [0.1, 0.15) is 0 Å². The molecule has 112 valence electrons. The Kier molecular flexibility index (Phi) is 4.02. The minimum atomic E-state index is 0.567. The lowest BCUT2D eigenvalue weighted by atomic mass is 10.0. The number of benzene rings is 2. The molecule has 2 aromatic carbocycles. The van der Waals surface area contributed by atoms with Crippen molar-refractivity contribution >= 4 is 0 Å². The predicted octanol–water partition coefficient (Wildman–Crippen LogP) is 3.07. The highest BCUT2D eigenvalue weighted by Gasteiger charge is 2.10. The van der Waals surface area contributed by atoms with E-state index in [9.17, 15) is 0 Å². The minimum Gasteiger partial charge on any atom is -0.326 e. The van der Waals surface area contributed by atoms with Crippen molar-refractivity contribution in [2.45, 2.75) is 26.9 Å². The fraction of sp³-hybridized carbons (Fsp3) is 0.222. The van der Waals surface area contributed by atoms with E-state index in [0.717, 1.165) is 11.3 Å². The monoisotopic (exact) mass is 292 g/mol. The van der Waals surface area contributed by atoms with Crippen molar-refractivity contribution in [3.8, 4) is 11.3 Å². The Labute approximate surface area is 130 Å². The van der Waals surface area contributed by atoms with Gasteiger partial charge in [0, 0.05) is 12.1 Å². The van der Waals surface area contributed by atoms with E-state index in [1.165, 1.54) is 22.3 Å². The molecule has 0 atom stereocenters. The third-order valence-corrected chi connectivity index (χ3v) is 3.87. The third kappa shape index (κ3) is 2.92. The van der Waals surface area contributed by atoms with Crippen LogP contribution in [0.5, 0.6) is 0 Å². The van der Waals surface area contributed by atoms with Gasteiger partial charge in [-0.3, -0.25) is 0 Å². The molecular weight excluding hydrogens is 272 g/mol. The van der Waals surface area contributed by atoms with E-state index in [1.54, 1.807) is 0 Å². The van der Waals surface area contributed by atoms with E-state index in [4.69, 9.17) is 5.73 Å². The van der Waals surface area contributed by atoms with Crippen LogP contribution in [-0.4, -0.2) is 15.0 Å². The average Bonchev–Trinajstić information content (AvgIpc) is 2.96. The molecule has 0 aliphatic rings. The number of aryl methyl sites for hydroxylation is 2. The van der Waals surface area contributed by atoms with Gasteiger partial charge in [0.05, 0.1) is 18.4 Å². The quantitative estimate of drug-likeness (QED) is 0.804. The second kappa shape index (κ2) is 6.12. The van der Waals surface area contributed by atoms with Crippen LogP contribution in [0.15, 0.2) is 48.7 Å². The van der Waals surface area contributed by atoms with E-state index < -0.39 is 0 Å². The van der Waals surface area contributed by atoms with E-state index in [-0.39, 0.29) is 0 Å². The summed E-state index contributed by atoms with van der Waals surface area (Å²) in [5, 5.41) is 8.32. The maximum Gasteiger partial charge on any atom is 0.0892 e. The fourth-order valence-corrected chi connectivity index (χ4v) is 2.64. The second-order valence-electron chi connectivity index (χ2n) is 5.62. The first-order chi connectivity index (χ1) is 10.7. The molecule has 0 unspecified atom stereocenters. The molecule has 1 aromatic heterocycles. The van der Waals surface area contributed by atoms with Crippen LogP contribution >= 0.6 is 0 Å². The lowest BCUT2D eigenvalue weighted by Gasteiger charge is -2.10. The van der Waals surface area contributed by atoms with Crippen molar-refractivity contribution in [2.24, 2.45) is 5.73 Å². The van der Waals surface area contributed by atoms with Gasteiger partial charge in [-0.15, -0.1) is 5.10 Å². The summed E-state index contributed by atoms with van der Waals surface area (Å²) < 4.78 is 1.94. The smallest absolute Gasteiger partial charge is 0.0892 e. The lowest BCUT2D eigenvalue weighted by molar-refractivity contribution is 0.655. The number of rotatable bonds is 4. The van der Waals surface area contributed by atoms with Gasteiger partial charge >= 0.3 is 0 Å². The first kappa shape index (κ1) is 14.5. The minimum absolute atomic E-state index is 0.567. The SMILES string of the molecule is Cc1ccc(-c2cnnn2Cc2ccc(CN)cc2)c(C)c1. The van der Waals surface area contributed by atoms with Gasteiger partial charge in [0.25, 0.3) is 0 Å². The molecule has 0 bridgehead atoms. The highest BCUT2D eigenvalue weighted by molar-refractivity contribution is 5.63. The van der Waals surface area contributed by atoms with Crippen LogP contribution in [-0.2, 0) is 13.1 Å². The molecule has 2 N–H and O–H groups in total.